The number of rotatable bonds is 2. The predicted molar refractivity (Wildman–Crippen MR) is 98.0 cm³/mol. The number of hydrogen-bond acceptors (Lipinski definition) is 2. The molecule has 1 heterocycles. The number of carbonyl (C=O) groups is 1. The molecular weight excluding hydrogens is 310 g/mol. The van der Waals surface area contributed by atoms with E-state index >= 15 is 0 Å². The van der Waals surface area contributed by atoms with E-state index in [4.69, 9.17) is 0 Å². The van der Waals surface area contributed by atoms with E-state index in [0.717, 1.165) is 11.6 Å². The fraction of sp³-hybridized carbons (Fsp3) is 0.409. The summed E-state index contributed by atoms with van der Waals surface area (Å²) >= 11 is 0. The quantitative estimate of drug-likeness (QED) is 0.814. The van der Waals surface area contributed by atoms with Crippen LogP contribution in [0.15, 0.2) is 42.5 Å². The van der Waals surface area contributed by atoms with Gasteiger partial charge in [0.05, 0.1) is 17.3 Å². The van der Waals surface area contributed by atoms with Gasteiger partial charge in [-0.1, -0.05) is 42.0 Å². The molecule has 3 heteroatoms. The lowest BCUT2D eigenvalue weighted by Gasteiger charge is -2.44. The van der Waals surface area contributed by atoms with Crippen molar-refractivity contribution in [3.63, 3.8) is 0 Å². The van der Waals surface area contributed by atoms with Crippen molar-refractivity contribution in [2.45, 2.75) is 38.1 Å². The molecular formula is C22H23NO2. The Morgan fingerprint density at radius 3 is 2.72 bits per heavy atom. The maximum atomic E-state index is 11.8. The fourth-order valence-electron chi connectivity index (χ4n) is 5.88. The molecule has 5 unspecified atom stereocenters. The Morgan fingerprint density at radius 2 is 1.92 bits per heavy atom. The molecule has 2 fully saturated rings. The molecule has 5 rings (SSSR count). The molecule has 1 aliphatic heterocycles. The van der Waals surface area contributed by atoms with Crippen LogP contribution in [0, 0.1) is 24.7 Å². The first-order chi connectivity index (χ1) is 12.1. The number of anilines is 1. The van der Waals surface area contributed by atoms with Crippen LogP contribution in [0.3, 0.4) is 0 Å². The lowest BCUT2D eigenvalue weighted by atomic mass is 9.67. The molecule has 2 aliphatic carbocycles. The maximum Gasteiger partial charge on any atom is 0.337 e. The summed E-state index contributed by atoms with van der Waals surface area (Å²) in [6, 6.07) is 14.7. The lowest BCUT2D eigenvalue weighted by molar-refractivity contribution is 0.0697. The van der Waals surface area contributed by atoms with Gasteiger partial charge in [-0.05, 0) is 67.1 Å². The largest absolute Gasteiger partial charge is 0.478 e. The number of fused-ring (bicyclic) bond motifs is 7. The summed E-state index contributed by atoms with van der Waals surface area (Å²) in [5, 5.41) is 13.3. The number of para-hydroxylation sites is 1. The summed E-state index contributed by atoms with van der Waals surface area (Å²) < 4.78 is 0. The zero-order chi connectivity index (χ0) is 17.1. The van der Waals surface area contributed by atoms with Gasteiger partial charge in [-0.3, -0.25) is 0 Å². The summed E-state index contributed by atoms with van der Waals surface area (Å²) in [4.78, 5) is 11.8. The smallest absolute Gasteiger partial charge is 0.337 e. The number of hydrogen-bond donors (Lipinski definition) is 2. The zero-order valence-corrected chi connectivity index (χ0v) is 14.4. The highest BCUT2D eigenvalue weighted by atomic mass is 16.4. The van der Waals surface area contributed by atoms with Gasteiger partial charge in [-0.2, -0.15) is 0 Å². The van der Waals surface area contributed by atoms with Gasteiger partial charge in [0, 0.05) is 0 Å². The third-order valence-electron chi connectivity index (χ3n) is 6.75. The highest BCUT2D eigenvalue weighted by Crippen LogP contribution is 2.63. The second-order valence-electron chi connectivity index (χ2n) is 8.05. The minimum absolute atomic E-state index is 0.216. The van der Waals surface area contributed by atoms with Crippen molar-refractivity contribution < 1.29 is 9.90 Å². The van der Waals surface area contributed by atoms with Gasteiger partial charge in [0.15, 0.2) is 0 Å². The normalized spacial score (nSPS) is 32.0. The molecule has 0 spiro atoms. The van der Waals surface area contributed by atoms with Crippen molar-refractivity contribution in [2.24, 2.45) is 17.8 Å². The third-order valence-corrected chi connectivity index (χ3v) is 6.75. The van der Waals surface area contributed by atoms with E-state index in [2.05, 4.69) is 42.6 Å². The van der Waals surface area contributed by atoms with Gasteiger partial charge in [0.2, 0.25) is 0 Å². The second-order valence-corrected chi connectivity index (χ2v) is 8.05. The van der Waals surface area contributed by atoms with Crippen LogP contribution in [0.2, 0.25) is 0 Å². The monoisotopic (exact) mass is 333 g/mol. The second kappa shape index (κ2) is 5.35. The van der Waals surface area contributed by atoms with E-state index in [1.54, 1.807) is 6.07 Å². The molecule has 0 aromatic heterocycles. The molecule has 2 aromatic rings. The molecule has 0 radical (unpaired) electrons. The molecule has 2 aromatic carbocycles. The van der Waals surface area contributed by atoms with Crippen LogP contribution in [-0.4, -0.2) is 11.1 Å². The molecule has 25 heavy (non-hydrogen) atoms. The van der Waals surface area contributed by atoms with Gasteiger partial charge < -0.3 is 10.4 Å². The first kappa shape index (κ1) is 15.0. The van der Waals surface area contributed by atoms with Gasteiger partial charge >= 0.3 is 5.97 Å². The molecule has 128 valence electrons. The number of nitrogens with one attached hydrogen (secondary N) is 1. The van der Waals surface area contributed by atoms with Crippen molar-refractivity contribution >= 4 is 11.7 Å². The Hall–Kier alpha value is -2.29. The maximum absolute atomic E-state index is 11.8. The number of carboxylic acids is 1. The molecule has 0 saturated heterocycles. The molecule has 2 N–H and O–H groups in total. The molecule has 0 amide bonds. The van der Waals surface area contributed by atoms with E-state index in [-0.39, 0.29) is 6.04 Å². The standard InChI is InChI=1S/C22H23NO2/c1-12-4-2-5-15(10-12)20-19-14-9-8-13(11-14)18(19)16-6-3-7-17(22(24)25)21(16)23-20/h2-7,10,13-14,18-20,23H,8-9,11H2,1H3,(H,24,25). The summed E-state index contributed by atoms with van der Waals surface area (Å²) in [5.74, 6) is 1.72. The minimum atomic E-state index is -0.839. The highest BCUT2D eigenvalue weighted by molar-refractivity contribution is 5.95. The van der Waals surface area contributed by atoms with Crippen LogP contribution in [0.25, 0.3) is 0 Å². The fourth-order valence-corrected chi connectivity index (χ4v) is 5.88. The van der Waals surface area contributed by atoms with Crippen molar-refractivity contribution in [1.82, 2.24) is 0 Å². The van der Waals surface area contributed by atoms with Gasteiger partial charge in [-0.25, -0.2) is 4.79 Å². The predicted octanol–water partition coefficient (Wildman–Crippen LogP) is 4.99. The molecule has 2 saturated carbocycles. The van der Waals surface area contributed by atoms with E-state index < -0.39 is 5.97 Å². The highest BCUT2D eigenvalue weighted by Gasteiger charge is 2.54. The molecule has 2 bridgehead atoms. The van der Waals surface area contributed by atoms with Gasteiger partial charge in [0.1, 0.15) is 0 Å². The topological polar surface area (TPSA) is 49.3 Å². The van der Waals surface area contributed by atoms with Crippen LogP contribution >= 0.6 is 0 Å². The Balaban J connectivity index is 1.68. The van der Waals surface area contributed by atoms with Crippen LogP contribution in [0.5, 0.6) is 0 Å². The van der Waals surface area contributed by atoms with Crippen LogP contribution in [0.4, 0.5) is 5.69 Å². The van der Waals surface area contributed by atoms with Crippen molar-refractivity contribution in [3.05, 3.63) is 64.7 Å². The van der Waals surface area contributed by atoms with E-state index in [1.807, 2.05) is 6.07 Å². The Labute approximate surface area is 148 Å². The summed E-state index contributed by atoms with van der Waals surface area (Å²) in [5.41, 5.74) is 5.07. The van der Waals surface area contributed by atoms with E-state index in [9.17, 15) is 9.90 Å². The third kappa shape index (κ3) is 2.14. The summed E-state index contributed by atoms with van der Waals surface area (Å²) in [6.07, 6.45) is 3.92. The van der Waals surface area contributed by atoms with Crippen LogP contribution in [-0.2, 0) is 0 Å². The molecule has 3 aliphatic rings. The number of aromatic carboxylic acids is 1. The van der Waals surface area contributed by atoms with Gasteiger partial charge in [-0.15, -0.1) is 0 Å². The lowest BCUT2D eigenvalue weighted by Crippen LogP contribution is -2.36. The van der Waals surface area contributed by atoms with Crippen molar-refractivity contribution in [1.29, 1.82) is 0 Å². The molecule has 3 nitrogen and oxygen atoms in total. The van der Waals surface area contributed by atoms with Crippen molar-refractivity contribution in [2.75, 3.05) is 5.32 Å². The van der Waals surface area contributed by atoms with E-state index in [0.29, 0.717) is 23.3 Å². The summed E-state index contributed by atoms with van der Waals surface area (Å²) in [7, 11) is 0. The zero-order valence-electron chi connectivity index (χ0n) is 14.4. The van der Waals surface area contributed by atoms with E-state index in [1.165, 1.54) is 36.0 Å². The first-order valence-corrected chi connectivity index (χ1v) is 9.33. The van der Waals surface area contributed by atoms with Crippen molar-refractivity contribution in [3.8, 4) is 0 Å². The average molecular weight is 333 g/mol. The van der Waals surface area contributed by atoms with Gasteiger partial charge in [0.25, 0.3) is 0 Å². The SMILES string of the molecule is Cc1cccc(C2Nc3c(C(=O)O)cccc3C3C4CCC(C4)C23)c1. The first-order valence-electron chi connectivity index (χ1n) is 9.33. The Kier molecular flexibility index (Phi) is 3.21. The summed E-state index contributed by atoms with van der Waals surface area (Å²) in [6.45, 7) is 2.13. The Morgan fingerprint density at radius 1 is 1.12 bits per heavy atom. The molecule has 5 atom stereocenters. The number of carboxylic acid groups (broad SMARTS) is 1. The average Bonchev–Trinajstić information content (AvgIpc) is 3.22. The number of benzene rings is 2. The Bertz CT molecular complexity index is 859. The van der Waals surface area contributed by atoms with Crippen LogP contribution in [0.1, 0.15) is 58.3 Å². The minimum Gasteiger partial charge on any atom is -0.478 e. The van der Waals surface area contributed by atoms with Crippen LogP contribution < -0.4 is 5.32 Å². The number of aryl methyl sites for hydroxylation is 1.